The van der Waals surface area contributed by atoms with Crippen molar-refractivity contribution in [2.24, 2.45) is 11.3 Å². The van der Waals surface area contributed by atoms with Crippen molar-refractivity contribution in [3.8, 4) is 0 Å². The highest BCUT2D eigenvalue weighted by Crippen LogP contribution is 2.71. The molecule has 11 heteroatoms. The summed E-state index contributed by atoms with van der Waals surface area (Å²) >= 11 is 0. The molecule has 5 atom stereocenters. The monoisotopic (exact) mass is 453 g/mol. The maximum absolute atomic E-state index is 13.3. The van der Waals surface area contributed by atoms with E-state index in [0.29, 0.717) is 29.8 Å². The van der Waals surface area contributed by atoms with Gasteiger partial charge in [-0.15, -0.1) is 0 Å². The number of aliphatic hydroxyl groups excluding tert-OH is 2. The predicted octanol–water partition coefficient (Wildman–Crippen LogP) is 2.43. The predicted molar refractivity (Wildman–Crippen MR) is 116 cm³/mol. The fraction of sp³-hybridized carbons (Fsp3) is 0.750. The standard InChI is InChI=1S/C20H32N5O5P/c1-10(2)29-31(28,30-11(3)4)7-6-20-8-13(20)15(16(26)17(20)27)25-9-22-14-18(21)23-12(5)24-19(14)25/h9-11,13,15-17,26-27H,6-8H2,1-5H3,(H2,21,23,24)/t13-,15-,16+,17+,20+/m1/s1. The Labute approximate surface area is 181 Å². The van der Waals surface area contributed by atoms with Crippen LogP contribution in [0.3, 0.4) is 0 Å². The summed E-state index contributed by atoms with van der Waals surface area (Å²) < 4.78 is 26.4. The molecule has 2 saturated carbocycles. The zero-order valence-electron chi connectivity index (χ0n) is 18.6. The van der Waals surface area contributed by atoms with Gasteiger partial charge in [0.15, 0.2) is 11.5 Å². The summed E-state index contributed by atoms with van der Waals surface area (Å²) in [6.45, 7) is 9.02. The van der Waals surface area contributed by atoms with E-state index in [9.17, 15) is 14.8 Å². The third-order valence-corrected chi connectivity index (χ3v) is 8.59. The highest BCUT2D eigenvalue weighted by molar-refractivity contribution is 7.53. The van der Waals surface area contributed by atoms with Gasteiger partial charge >= 0.3 is 7.60 Å². The van der Waals surface area contributed by atoms with Crippen molar-refractivity contribution >= 4 is 24.6 Å². The maximum Gasteiger partial charge on any atom is 0.331 e. The Morgan fingerprint density at radius 2 is 1.90 bits per heavy atom. The van der Waals surface area contributed by atoms with Gasteiger partial charge in [0.05, 0.1) is 36.8 Å². The van der Waals surface area contributed by atoms with Crippen LogP contribution >= 0.6 is 7.60 Å². The number of nitrogens with two attached hydrogens (primary N) is 1. The second-order valence-electron chi connectivity index (χ2n) is 9.34. The zero-order valence-corrected chi connectivity index (χ0v) is 19.5. The molecule has 2 heterocycles. The minimum absolute atomic E-state index is 0.00190. The van der Waals surface area contributed by atoms with Crippen LogP contribution in [-0.2, 0) is 13.6 Å². The van der Waals surface area contributed by atoms with E-state index in [1.165, 1.54) is 0 Å². The topological polar surface area (TPSA) is 146 Å². The molecule has 0 aromatic carbocycles. The molecule has 4 rings (SSSR count). The van der Waals surface area contributed by atoms with E-state index in [2.05, 4.69) is 15.0 Å². The summed E-state index contributed by atoms with van der Waals surface area (Å²) in [5.74, 6) is 0.798. The van der Waals surface area contributed by atoms with Gasteiger partial charge in [0.25, 0.3) is 0 Å². The number of aromatic nitrogens is 4. The van der Waals surface area contributed by atoms with Gasteiger partial charge < -0.3 is 29.6 Å². The van der Waals surface area contributed by atoms with Crippen molar-refractivity contribution in [2.75, 3.05) is 11.9 Å². The van der Waals surface area contributed by atoms with Crippen LogP contribution < -0.4 is 5.73 Å². The van der Waals surface area contributed by atoms with Gasteiger partial charge in [0, 0.05) is 5.41 Å². The lowest BCUT2D eigenvalue weighted by Crippen LogP contribution is -2.34. The molecule has 0 radical (unpaired) electrons. The maximum atomic E-state index is 13.3. The quantitative estimate of drug-likeness (QED) is 0.513. The minimum Gasteiger partial charge on any atom is -0.390 e. The number of anilines is 1. The molecule has 0 spiro atoms. The first-order valence-electron chi connectivity index (χ1n) is 10.8. The van der Waals surface area contributed by atoms with Crippen LogP contribution in [0.15, 0.2) is 6.33 Å². The zero-order chi connectivity index (χ0) is 22.7. The van der Waals surface area contributed by atoms with E-state index in [1.807, 2.05) is 27.7 Å². The largest absolute Gasteiger partial charge is 0.390 e. The Balaban J connectivity index is 1.59. The van der Waals surface area contributed by atoms with Crippen molar-refractivity contribution in [3.05, 3.63) is 12.2 Å². The molecule has 2 aromatic heterocycles. The van der Waals surface area contributed by atoms with Crippen molar-refractivity contribution in [1.29, 1.82) is 0 Å². The third-order valence-electron chi connectivity index (χ3n) is 6.33. The fourth-order valence-electron chi connectivity index (χ4n) is 5.10. The highest BCUT2D eigenvalue weighted by atomic mass is 31.2. The van der Waals surface area contributed by atoms with Crippen molar-refractivity contribution in [1.82, 2.24) is 19.5 Å². The van der Waals surface area contributed by atoms with Crippen LogP contribution in [0.25, 0.3) is 11.2 Å². The molecular formula is C20H32N5O5P. The lowest BCUT2D eigenvalue weighted by Gasteiger charge is -2.27. The average molecular weight is 453 g/mol. The second-order valence-corrected chi connectivity index (χ2v) is 11.4. The van der Waals surface area contributed by atoms with Crippen LogP contribution in [0.5, 0.6) is 0 Å². The SMILES string of the molecule is Cc1nc(N)c2ncn([C@H]3[C@H](O)[C@H](O)[C@@]4(CCP(=O)(OC(C)C)OC(C)C)C[C@H]34)c2n1. The molecule has 31 heavy (non-hydrogen) atoms. The van der Waals surface area contributed by atoms with Crippen LogP contribution in [-0.4, -0.2) is 60.3 Å². The molecule has 2 aromatic rings. The van der Waals surface area contributed by atoms with Crippen LogP contribution in [0.1, 0.15) is 52.4 Å². The van der Waals surface area contributed by atoms with E-state index in [4.69, 9.17) is 14.8 Å². The van der Waals surface area contributed by atoms with Gasteiger partial charge in [0.2, 0.25) is 0 Å². The van der Waals surface area contributed by atoms with Crippen LogP contribution in [0.4, 0.5) is 5.82 Å². The van der Waals surface area contributed by atoms with E-state index < -0.39 is 31.3 Å². The van der Waals surface area contributed by atoms with Gasteiger partial charge in [-0.2, -0.15) is 0 Å². The normalized spacial score (nSPS) is 30.5. The number of fused-ring (bicyclic) bond motifs is 2. The summed E-state index contributed by atoms with van der Waals surface area (Å²) in [5, 5.41) is 21.9. The van der Waals surface area contributed by atoms with Crippen molar-refractivity contribution in [2.45, 2.75) is 77.9 Å². The van der Waals surface area contributed by atoms with Gasteiger partial charge in [-0.3, -0.25) is 4.57 Å². The first-order chi connectivity index (χ1) is 14.5. The Bertz CT molecular complexity index is 1010. The average Bonchev–Trinajstić information content (AvgIpc) is 3.15. The molecule has 0 amide bonds. The molecule has 2 aliphatic rings. The Hall–Kier alpha value is -1.58. The number of imidazole rings is 1. The van der Waals surface area contributed by atoms with Crippen molar-refractivity contribution in [3.63, 3.8) is 0 Å². The Morgan fingerprint density at radius 3 is 2.52 bits per heavy atom. The van der Waals surface area contributed by atoms with E-state index >= 15 is 0 Å². The van der Waals surface area contributed by atoms with E-state index in [1.54, 1.807) is 17.8 Å². The minimum atomic E-state index is -3.33. The van der Waals surface area contributed by atoms with E-state index in [0.717, 1.165) is 0 Å². The molecular weight excluding hydrogens is 421 g/mol. The highest BCUT2D eigenvalue weighted by Gasteiger charge is 2.71. The van der Waals surface area contributed by atoms with Gasteiger partial charge in [0.1, 0.15) is 17.4 Å². The molecule has 10 nitrogen and oxygen atoms in total. The summed E-state index contributed by atoms with van der Waals surface area (Å²) in [7, 11) is -3.33. The molecule has 172 valence electrons. The first-order valence-corrected chi connectivity index (χ1v) is 12.5. The lowest BCUT2D eigenvalue weighted by atomic mass is 9.96. The Morgan fingerprint density at radius 1 is 1.26 bits per heavy atom. The number of nitrogens with zero attached hydrogens (tertiary/aromatic N) is 4. The number of hydrogen-bond donors (Lipinski definition) is 3. The van der Waals surface area contributed by atoms with Crippen LogP contribution in [0.2, 0.25) is 0 Å². The van der Waals surface area contributed by atoms with Gasteiger partial charge in [-0.05, 0) is 53.4 Å². The third kappa shape index (κ3) is 3.89. The smallest absolute Gasteiger partial charge is 0.331 e. The molecule has 0 aliphatic heterocycles. The number of aryl methyl sites for hydroxylation is 1. The van der Waals surface area contributed by atoms with Gasteiger partial charge in [-0.25, -0.2) is 15.0 Å². The molecule has 4 N–H and O–H groups in total. The fourth-order valence-corrected chi connectivity index (χ4v) is 7.33. The summed E-state index contributed by atoms with van der Waals surface area (Å²) in [4.78, 5) is 12.9. The number of hydrogen-bond acceptors (Lipinski definition) is 9. The molecule has 2 aliphatic carbocycles. The number of aliphatic hydroxyl groups is 2. The summed E-state index contributed by atoms with van der Waals surface area (Å²) in [6, 6.07) is -0.398. The first kappa shape index (κ1) is 22.6. The Kier molecular flexibility index (Phi) is 5.67. The van der Waals surface area contributed by atoms with Gasteiger partial charge in [-0.1, -0.05) is 0 Å². The van der Waals surface area contributed by atoms with E-state index in [-0.39, 0.29) is 30.1 Å². The molecule has 0 saturated heterocycles. The summed E-state index contributed by atoms with van der Waals surface area (Å²) in [5.41, 5.74) is 6.46. The lowest BCUT2D eigenvalue weighted by molar-refractivity contribution is -0.0185. The van der Waals surface area contributed by atoms with Crippen molar-refractivity contribution < 1.29 is 23.8 Å². The molecule has 2 fully saturated rings. The molecule has 0 unspecified atom stereocenters. The summed E-state index contributed by atoms with van der Waals surface area (Å²) in [6.07, 6.45) is 0.499. The number of rotatable bonds is 8. The second kappa shape index (κ2) is 7.78. The number of nitrogen functional groups attached to an aromatic ring is 1. The molecule has 0 bridgehead atoms. The van der Waals surface area contributed by atoms with Crippen LogP contribution in [0, 0.1) is 18.3 Å².